The molecule has 0 atom stereocenters. The van der Waals surface area contributed by atoms with Crippen LogP contribution in [0.25, 0.3) is 0 Å². The van der Waals surface area contributed by atoms with Crippen molar-refractivity contribution in [1.29, 1.82) is 0 Å². The van der Waals surface area contributed by atoms with E-state index in [1.807, 2.05) is 0 Å². The SMILES string of the molecule is O=C(O)c1cc(C(F)(F)F)ccc1SC1COC1. The number of carbonyl (C=O) groups is 1. The second-order valence-corrected chi connectivity index (χ2v) is 5.13. The molecule has 3 nitrogen and oxygen atoms in total. The lowest BCUT2D eigenvalue weighted by molar-refractivity contribution is -0.137. The van der Waals surface area contributed by atoms with Gasteiger partial charge in [0.2, 0.25) is 0 Å². The molecule has 0 aromatic heterocycles. The van der Waals surface area contributed by atoms with Gasteiger partial charge >= 0.3 is 12.1 Å². The summed E-state index contributed by atoms with van der Waals surface area (Å²) < 4.78 is 42.4. The first-order valence-corrected chi connectivity index (χ1v) is 5.95. The fourth-order valence-corrected chi connectivity index (χ4v) is 2.55. The zero-order chi connectivity index (χ0) is 13.3. The molecule has 0 radical (unpaired) electrons. The van der Waals surface area contributed by atoms with Gasteiger partial charge in [0.05, 0.1) is 29.6 Å². The highest BCUT2D eigenvalue weighted by Crippen LogP contribution is 2.35. The number of alkyl halides is 3. The van der Waals surface area contributed by atoms with Crippen LogP contribution >= 0.6 is 11.8 Å². The number of carboxylic acid groups (broad SMARTS) is 1. The fourth-order valence-electron chi connectivity index (χ4n) is 1.44. The van der Waals surface area contributed by atoms with E-state index in [4.69, 9.17) is 9.84 Å². The van der Waals surface area contributed by atoms with E-state index in [1.54, 1.807) is 0 Å². The summed E-state index contributed by atoms with van der Waals surface area (Å²) in [5.74, 6) is -1.36. The fraction of sp³-hybridized carbons (Fsp3) is 0.364. The molecule has 0 saturated carbocycles. The largest absolute Gasteiger partial charge is 0.478 e. The molecule has 98 valence electrons. The number of benzene rings is 1. The molecule has 1 aliphatic rings. The molecule has 1 N–H and O–H groups in total. The van der Waals surface area contributed by atoms with Crippen LogP contribution in [0, 0.1) is 0 Å². The van der Waals surface area contributed by atoms with Crippen LogP contribution in [-0.4, -0.2) is 29.5 Å². The van der Waals surface area contributed by atoms with Crippen molar-refractivity contribution in [3.8, 4) is 0 Å². The number of halogens is 3. The number of hydrogen-bond acceptors (Lipinski definition) is 3. The van der Waals surface area contributed by atoms with Crippen LogP contribution in [0.4, 0.5) is 13.2 Å². The Bertz CT molecular complexity index is 469. The molecule has 0 aliphatic carbocycles. The molecule has 1 saturated heterocycles. The van der Waals surface area contributed by atoms with E-state index in [0.29, 0.717) is 24.2 Å². The molecule has 18 heavy (non-hydrogen) atoms. The monoisotopic (exact) mass is 278 g/mol. The average Bonchev–Trinajstić information content (AvgIpc) is 2.21. The summed E-state index contributed by atoms with van der Waals surface area (Å²) in [4.78, 5) is 11.3. The Morgan fingerprint density at radius 3 is 2.50 bits per heavy atom. The third-order valence-electron chi connectivity index (χ3n) is 2.44. The highest BCUT2D eigenvalue weighted by Gasteiger charge is 2.32. The highest BCUT2D eigenvalue weighted by atomic mass is 32.2. The van der Waals surface area contributed by atoms with Crippen molar-refractivity contribution < 1.29 is 27.8 Å². The normalized spacial score (nSPS) is 16.4. The standard InChI is InChI=1S/C11H9F3O3S/c12-11(13,14)6-1-2-9(8(3-6)10(15)16)18-7-4-17-5-7/h1-3,7H,4-5H2,(H,15,16). The van der Waals surface area contributed by atoms with Gasteiger partial charge in [-0.05, 0) is 18.2 Å². The first-order valence-electron chi connectivity index (χ1n) is 5.07. The highest BCUT2D eigenvalue weighted by molar-refractivity contribution is 8.00. The van der Waals surface area contributed by atoms with Crippen LogP contribution in [0.3, 0.4) is 0 Å². The predicted octanol–water partition coefficient (Wildman–Crippen LogP) is 2.89. The Morgan fingerprint density at radius 1 is 1.39 bits per heavy atom. The van der Waals surface area contributed by atoms with Crippen LogP contribution in [0.15, 0.2) is 23.1 Å². The summed E-state index contributed by atoms with van der Waals surface area (Å²) in [6.07, 6.45) is -4.53. The smallest absolute Gasteiger partial charge is 0.416 e. The molecule has 1 fully saturated rings. The maximum absolute atomic E-state index is 12.5. The topological polar surface area (TPSA) is 46.5 Å². The summed E-state index contributed by atoms with van der Waals surface area (Å²) in [5, 5.41) is 9.06. The van der Waals surface area contributed by atoms with Crippen LogP contribution in [0.1, 0.15) is 15.9 Å². The van der Waals surface area contributed by atoms with Gasteiger partial charge in [-0.15, -0.1) is 11.8 Å². The quantitative estimate of drug-likeness (QED) is 0.923. The Balaban J connectivity index is 2.31. The number of thioether (sulfide) groups is 1. The first kappa shape index (κ1) is 13.2. The maximum atomic E-state index is 12.5. The van der Waals surface area contributed by atoms with Crippen molar-refractivity contribution in [3.05, 3.63) is 29.3 Å². The third kappa shape index (κ3) is 2.78. The van der Waals surface area contributed by atoms with E-state index in [-0.39, 0.29) is 10.8 Å². The van der Waals surface area contributed by atoms with E-state index in [0.717, 1.165) is 6.07 Å². The molecule has 2 rings (SSSR count). The summed E-state index contributed by atoms with van der Waals surface area (Å²) in [6.45, 7) is 0.982. The van der Waals surface area contributed by atoms with Gasteiger partial charge < -0.3 is 9.84 Å². The number of carboxylic acids is 1. The summed E-state index contributed by atoms with van der Waals surface area (Å²) in [5.41, 5.74) is -1.27. The minimum atomic E-state index is -4.53. The van der Waals surface area contributed by atoms with Crippen LogP contribution < -0.4 is 0 Å². The molecule has 0 spiro atoms. The number of ether oxygens (including phenoxy) is 1. The Labute approximate surface area is 105 Å². The van der Waals surface area contributed by atoms with E-state index in [2.05, 4.69) is 0 Å². The van der Waals surface area contributed by atoms with Gasteiger partial charge in [0.1, 0.15) is 0 Å². The van der Waals surface area contributed by atoms with Crippen LogP contribution in [-0.2, 0) is 10.9 Å². The zero-order valence-electron chi connectivity index (χ0n) is 9.03. The van der Waals surface area contributed by atoms with E-state index >= 15 is 0 Å². The summed E-state index contributed by atoms with van der Waals surface area (Å²) in [6, 6.07) is 2.77. The van der Waals surface area contributed by atoms with Crippen molar-refractivity contribution in [1.82, 2.24) is 0 Å². The summed E-state index contributed by atoms with van der Waals surface area (Å²) in [7, 11) is 0. The van der Waals surface area contributed by atoms with Crippen LogP contribution in [0.5, 0.6) is 0 Å². The zero-order valence-corrected chi connectivity index (χ0v) is 9.85. The predicted molar refractivity (Wildman–Crippen MR) is 58.9 cm³/mol. The van der Waals surface area contributed by atoms with E-state index < -0.39 is 17.7 Å². The molecule has 1 heterocycles. The molecule has 1 aromatic carbocycles. The van der Waals surface area contributed by atoms with Crippen molar-refractivity contribution in [3.63, 3.8) is 0 Å². The van der Waals surface area contributed by atoms with Crippen molar-refractivity contribution >= 4 is 17.7 Å². The van der Waals surface area contributed by atoms with Gasteiger partial charge in [-0.2, -0.15) is 13.2 Å². The van der Waals surface area contributed by atoms with Crippen molar-refractivity contribution in [2.45, 2.75) is 16.3 Å². The second kappa shape index (κ2) is 4.81. The second-order valence-electron chi connectivity index (χ2n) is 3.79. The van der Waals surface area contributed by atoms with Gasteiger partial charge in [-0.1, -0.05) is 0 Å². The molecule has 1 aromatic rings. The molecular formula is C11H9F3O3S. The Kier molecular flexibility index (Phi) is 3.54. The lowest BCUT2D eigenvalue weighted by atomic mass is 10.1. The minimum absolute atomic E-state index is 0.111. The van der Waals surface area contributed by atoms with E-state index in [1.165, 1.54) is 17.8 Å². The Hall–Kier alpha value is -1.21. The van der Waals surface area contributed by atoms with Crippen LogP contribution in [0.2, 0.25) is 0 Å². The number of hydrogen-bond donors (Lipinski definition) is 1. The Morgan fingerprint density at radius 2 is 2.06 bits per heavy atom. The van der Waals surface area contributed by atoms with Crippen molar-refractivity contribution in [2.24, 2.45) is 0 Å². The van der Waals surface area contributed by atoms with Gasteiger partial charge in [0.25, 0.3) is 0 Å². The lowest BCUT2D eigenvalue weighted by Gasteiger charge is -2.25. The van der Waals surface area contributed by atoms with Crippen molar-refractivity contribution in [2.75, 3.05) is 13.2 Å². The lowest BCUT2D eigenvalue weighted by Crippen LogP contribution is -2.30. The van der Waals surface area contributed by atoms with E-state index in [9.17, 15) is 18.0 Å². The molecule has 0 amide bonds. The minimum Gasteiger partial charge on any atom is -0.478 e. The van der Waals surface area contributed by atoms with Gasteiger partial charge in [0, 0.05) is 4.90 Å². The van der Waals surface area contributed by atoms with Gasteiger partial charge in [-0.25, -0.2) is 4.79 Å². The summed E-state index contributed by atoms with van der Waals surface area (Å²) >= 11 is 1.23. The first-order chi connectivity index (χ1) is 8.38. The van der Waals surface area contributed by atoms with Gasteiger partial charge in [0.15, 0.2) is 0 Å². The third-order valence-corrected chi connectivity index (χ3v) is 3.65. The number of aromatic carboxylic acids is 1. The van der Waals surface area contributed by atoms with Gasteiger partial charge in [-0.3, -0.25) is 0 Å². The molecule has 1 aliphatic heterocycles. The molecular weight excluding hydrogens is 269 g/mol. The maximum Gasteiger partial charge on any atom is 0.416 e. The molecule has 0 unspecified atom stereocenters. The average molecular weight is 278 g/mol. The molecule has 7 heteroatoms. The molecule has 0 bridgehead atoms. The number of rotatable bonds is 3.